The van der Waals surface area contributed by atoms with Crippen LogP contribution in [0.2, 0.25) is 0 Å². The van der Waals surface area contributed by atoms with Gasteiger partial charge in [0.15, 0.2) is 6.61 Å². The number of benzene rings is 1. The van der Waals surface area contributed by atoms with Crippen LogP contribution in [0.15, 0.2) is 24.3 Å². The van der Waals surface area contributed by atoms with Crippen LogP contribution in [-0.2, 0) is 11.2 Å². The zero-order chi connectivity index (χ0) is 14.3. The van der Waals surface area contributed by atoms with Crippen molar-refractivity contribution in [2.24, 2.45) is 11.7 Å². The third-order valence-electron chi connectivity index (χ3n) is 2.53. The highest BCUT2D eigenvalue weighted by Gasteiger charge is 2.04. The molecule has 1 rings (SSSR count). The van der Waals surface area contributed by atoms with Gasteiger partial charge >= 0.3 is 0 Å². The second-order valence-electron chi connectivity index (χ2n) is 5.32. The Balaban J connectivity index is 2.42. The fourth-order valence-electron chi connectivity index (χ4n) is 1.65. The number of amides is 1. The van der Waals surface area contributed by atoms with E-state index in [4.69, 9.17) is 10.5 Å². The molecule has 19 heavy (non-hydrogen) atoms. The minimum Gasteiger partial charge on any atom is -0.484 e. The van der Waals surface area contributed by atoms with E-state index >= 15 is 0 Å². The van der Waals surface area contributed by atoms with E-state index in [0.29, 0.717) is 18.2 Å². The van der Waals surface area contributed by atoms with Crippen LogP contribution < -0.4 is 15.8 Å². The first kappa shape index (κ1) is 15.5. The topological polar surface area (TPSA) is 64.3 Å². The van der Waals surface area contributed by atoms with Crippen LogP contribution in [0.3, 0.4) is 0 Å². The third-order valence-corrected chi connectivity index (χ3v) is 2.53. The van der Waals surface area contributed by atoms with E-state index in [1.54, 1.807) is 0 Å². The zero-order valence-electron chi connectivity index (χ0n) is 12.0. The molecule has 1 atom stereocenters. The predicted octanol–water partition coefficient (Wildman–Crippen LogP) is 1.73. The van der Waals surface area contributed by atoms with Gasteiger partial charge in [0, 0.05) is 12.6 Å². The molecule has 0 spiro atoms. The van der Waals surface area contributed by atoms with Gasteiger partial charge in [0.05, 0.1) is 0 Å². The maximum Gasteiger partial charge on any atom is 0.257 e. The summed E-state index contributed by atoms with van der Waals surface area (Å²) in [6.45, 7) is 6.80. The first-order chi connectivity index (χ1) is 8.97. The molecule has 0 aliphatic rings. The number of rotatable bonds is 7. The maximum absolute atomic E-state index is 11.5. The molecule has 0 aliphatic heterocycles. The van der Waals surface area contributed by atoms with Crippen molar-refractivity contribution in [2.75, 3.05) is 13.2 Å². The Labute approximate surface area is 115 Å². The Bertz CT molecular complexity index is 403. The van der Waals surface area contributed by atoms with Crippen molar-refractivity contribution >= 4 is 5.91 Å². The Morgan fingerprint density at radius 2 is 2.11 bits per heavy atom. The first-order valence-electron chi connectivity index (χ1n) is 6.71. The lowest BCUT2D eigenvalue weighted by Crippen LogP contribution is -2.31. The Morgan fingerprint density at radius 3 is 2.74 bits per heavy atom. The van der Waals surface area contributed by atoms with Crippen LogP contribution in [0.4, 0.5) is 0 Å². The van der Waals surface area contributed by atoms with E-state index in [1.807, 2.05) is 31.2 Å². The van der Waals surface area contributed by atoms with Gasteiger partial charge in [-0.05, 0) is 37.0 Å². The summed E-state index contributed by atoms with van der Waals surface area (Å²) in [7, 11) is 0. The van der Waals surface area contributed by atoms with Crippen LogP contribution in [0.1, 0.15) is 26.3 Å². The molecule has 106 valence electrons. The summed E-state index contributed by atoms with van der Waals surface area (Å²) in [6.07, 6.45) is 0.802. The van der Waals surface area contributed by atoms with Gasteiger partial charge < -0.3 is 15.8 Å². The summed E-state index contributed by atoms with van der Waals surface area (Å²) >= 11 is 0. The molecule has 1 amide bonds. The van der Waals surface area contributed by atoms with Gasteiger partial charge in [0.2, 0.25) is 0 Å². The quantitative estimate of drug-likeness (QED) is 0.788. The molecular weight excluding hydrogens is 240 g/mol. The van der Waals surface area contributed by atoms with Crippen molar-refractivity contribution in [1.29, 1.82) is 0 Å². The summed E-state index contributed by atoms with van der Waals surface area (Å²) < 4.78 is 5.47. The van der Waals surface area contributed by atoms with Crippen molar-refractivity contribution in [3.63, 3.8) is 0 Å². The smallest absolute Gasteiger partial charge is 0.257 e. The monoisotopic (exact) mass is 264 g/mol. The van der Waals surface area contributed by atoms with E-state index in [1.165, 1.54) is 0 Å². The Kier molecular flexibility index (Phi) is 6.36. The van der Waals surface area contributed by atoms with E-state index in [-0.39, 0.29) is 18.6 Å². The van der Waals surface area contributed by atoms with Crippen LogP contribution in [0.25, 0.3) is 0 Å². The maximum atomic E-state index is 11.5. The van der Waals surface area contributed by atoms with Gasteiger partial charge in [-0.25, -0.2) is 0 Å². The van der Waals surface area contributed by atoms with Crippen molar-refractivity contribution in [2.45, 2.75) is 33.2 Å². The molecule has 4 heteroatoms. The minimum atomic E-state index is -0.0914. The molecule has 1 aromatic rings. The summed E-state index contributed by atoms with van der Waals surface area (Å²) in [5, 5.41) is 2.82. The number of nitrogens with one attached hydrogen (secondary N) is 1. The first-order valence-corrected chi connectivity index (χ1v) is 6.71. The summed E-state index contributed by atoms with van der Waals surface area (Å²) in [6, 6.07) is 7.82. The summed E-state index contributed by atoms with van der Waals surface area (Å²) in [4.78, 5) is 11.5. The lowest BCUT2D eigenvalue weighted by Gasteiger charge is -2.10. The number of carbonyl (C=O) groups is 1. The average Bonchev–Trinajstić information content (AvgIpc) is 2.33. The van der Waals surface area contributed by atoms with E-state index in [0.717, 1.165) is 12.0 Å². The SMILES string of the molecule is CC(C)CNC(=O)COc1cccc(CC(C)N)c1. The molecule has 0 radical (unpaired) electrons. The highest BCUT2D eigenvalue weighted by atomic mass is 16.5. The number of hydrogen-bond donors (Lipinski definition) is 2. The fourth-order valence-corrected chi connectivity index (χ4v) is 1.65. The number of ether oxygens (including phenoxy) is 1. The van der Waals surface area contributed by atoms with Gasteiger partial charge in [0.1, 0.15) is 5.75 Å². The largest absolute Gasteiger partial charge is 0.484 e. The van der Waals surface area contributed by atoms with Crippen LogP contribution in [-0.4, -0.2) is 25.1 Å². The number of nitrogens with two attached hydrogens (primary N) is 1. The Hall–Kier alpha value is -1.55. The summed E-state index contributed by atoms with van der Waals surface area (Å²) in [5.41, 5.74) is 6.88. The molecule has 0 aliphatic carbocycles. The molecule has 3 N–H and O–H groups in total. The molecule has 0 saturated heterocycles. The van der Waals surface area contributed by atoms with Gasteiger partial charge in [-0.1, -0.05) is 26.0 Å². The van der Waals surface area contributed by atoms with Gasteiger partial charge in [-0.15, -0.1) is 0 Å². The average molecular weight is 264 g/mol. The Morgan fingerprint density at radius 1 is 1.37 bits per heavy atom. The van der Waals surface area contributed by atoms with Gasteiger partial charge in [0.25, 0.3) is 5.91 Å². The normalized spacial score (nSPS) is 12.3. The molecule has 1 aromatic carbocycles. The van der Waals surface area contributed by atoms with Crippen molar-refractivity contribution in [3.05, 3.63) is 29.8 Å². The van der Waals surface area contributed by atoms with Crippen molar-refractivity contribution in [3.8, 4) is 5.75 Å². The van der Waals surface area contributed by atoms with E-state index in [2.05, 4.69) is 19.2 Å². The standard InChI is InChI=1S/C15H24N2O2/c1-11(2)9-17-15(18)10-19-14-6-4-5-13(8-14)7-12(3)16/h4-6,8,11-12H,7,9-10,16H2,1-3H3,(H,17,18). The van der Waals surface area contributed by atoms with Crippen LogP contribution >= 0.6 is 0 Å². The predicted molar refractivity (Wildman–Crippen MR) is 77.1 cm³/mol. The highest BCUT2D eigenvalue weighted by Crippen LogP contribution is 2.14. The second kappa shape index (κ2) is 7.79. The molecular formula is C15H24N2O2. The molecule has 1 unspecified atom stereocenters. The van der Waals surface area contributed by atoms with Crippen molar-refractivity contribution in [1.82, 2.24) is 5.32 Å². The minimum absolute atomic E-state index is 0.0500. The molecule has 0 fully saturated rings. The molecule has 4 nitrogen and oxygen atoms in total. The van der Waals surface area contributed by atoms with Gasteiger partial charge in [-0.2, -0.15) is 0 Å². The fraction of sp³-hybridized carbons (Fsp3) is 0.533. The third kappa shape index (κ3) is 6.82. The molecule has 0 heterocycles. The highest BCUT2D eigenvalue weighted by molar-refractivity contribution is 5.77. The lowest BCUT2D eigenvalue weighted by atomic mass is 10.1. The number of hydrogen-bond acceptors (Lipinski definition) is 3. The lowest BCUT2D eigenvalue weighted by molar-refractivity contribution is -0.123. The zero-order valence-corrected chi connectivity index (χ0v) is 12.0. The number of carbonyl (C=O) groups excluding carboxylic acids is 1. The van der Waals surface area contributed by atoms with Crippen molar-refractivity contribution < 1.29 is 9.53 Å². The van der Waals surface area contributed by atoms with Gasteiger partial charge in [-0.3, -0.25) is 4.79 Å². The molecule has 0 aromatic heterocycles. The molecule has 0 saturated carbocycles. The summed E-state index contributed by atoms with van der Waals surface area (Å²) in [5.74, 6) is 1.06. The van der Waals surface area contributed by atoms with Crippen LogP contribution in [0.5, 0.6) is 5.75 Å². The van der Waals surface area contributed by atoms with E-state index < -0.39 is 0 Å². The van der Waals surface area contributed by atoms with Crippen LogP contribution in [0, 0.1) is 5.92 Å². The second-order valence-corrected chi connectivity index (χ2v) is 5.32. The molecule has 0 bridgehead atoms. The van der Waals surface area contributed by atoms with E-state index in [9.17, 15) is 4.79 Å².